The number of halogens is 3. The molecule has 172 valence electrons. The van der Waals surface area contributed by atoms with Crippen molar-refractivity contribution in [2.45, 2.75) is 64.2 Å². The summed E-state index contributed by atoms with van der Waals surface area (Å²) in [4.78, 5) is 26.0. The Morgan fingerprint density at radius 3 is 2.32 bits per heavy atom. The second kappa shape index (κ2) is 9.46. The topological polar surface area (TPSA) is 72.9 Å². The lowest BCUT2D eigenvalue weighted by molar-refractivity contribution is -0.192. The number of hydrogen-bond donors (Lipinski definition) is 2. The average molecular weight is 441 g/mol. The van der Waals surface area contributed by atoms with Gasteiger partial charge >= 0.3 is 12.1 Å². The van der Waals surface area contributed by atoms with E-state index in [9.17, 15) is 18.0 Å². The van der Waals surface area contributed by atoms with Crippen LogP contribution in [0.15, 0.2) is 18.2 Å². The standard InChI is InChI=1S/C20H29N3O.C2HF3O2/c1-14-12-17(21-20(24)16-5-6-16)7-8-19(14)22-11-9-18(13-22)23-10-3-4-15(23)2;3-2(4,5)1(6)7/h7-8,12,15-16,18H,3-6,9-11,13H2,1-2H3,(H,21,24);(H,6,7). The fraction of sp³-hybridized carbons (Fsp3) is 0.636. The maximum absolute atomic E-state index is 11.9. The summed E-state index contributed by atoms with van der Waals surface area (Å²) in [7, 11) is 0. The predicted octanol–water partition coefficient (Wildman–Crippen LogP) is 4.04. The van der Waals surface area contributed by atoms with Gasteiger partial charge in [-0.25, -0.2) is 4.79 Å². The van der Waals surface area contributed by atoms with E-state index in [1.165, 1.54) is 37.1 Å². The number of anilines is 2. The molecule has 2 heterocycles. The van der Waals surface area contributed by atoms with Gasteiger partial charge in [-0.2, -0.15) is 13.2 Å². The van der Waals surface area contributed by atoms with Crippen molar-refractivity contribution < 1.29 is 27.9 Å². The number of carbonyl (C=O) groups excluding carboxylic acids is 1. The minimum absolute atomic E-state index is 0.186. The number of carbonyl (C=O) groups is 2. The Morgan fingerprint density at radius 1 is 1.13 bits per heavy atom. The van der Waals surface area contributed by atoms with Crippen molar-refractivity contribution >= 4 is 23.3 Å². The summed E-state index contributed by atoms with van der Waals surface area (Å²) in [6.07, 6.45) is 0.987. The third-order valence-corrected chi connectivity index (χ3v) is 6.23. The van der Waals surface area contributed by atoms with Crippen molar-refractivity contribution in [1.29, 1.82) is 0 Å². The maximum Gasteiger partial charge on any atom is 0.490 e. The number of alkyl halides is 3. The SMILES string of the molecule is Cc1cc(NC(=O)C2CC2)ccc1N1CCC(N2CCCC2C)C1.O=C(O)C(F)(F)F. The Balaban J connectivity index is 0.000000339. The van der Waals surface area contributed by atoms with Gasteiger partial charge in [-0.15, -0.1) is 0 Å². The molecule has 0 aromatic heterocycles. The van der Waals surface area contributed by atoms with Crippen LogP contribution >= 0.6 is 0 Å². The highest BCUT2D eigenvalue weighted by Gasteiger charge is 2.38. The monoisotopic (exact) mass is 441 g/mol. The largest absolute Gasteiger partial charge is 0.490 e. The second-order valence-corrected chi connectivity index (χ2v) is 8.69. The summed E-state index contributed by atoms with van der Waals surface area (Å²) in [5.41, 5.74) is 3.53. The van der Waals surface area contributed by atoms with E-state index in [4.69, 9.17) is 9.90 Å². The van der Waals surface area contributed by atoms with Crippen LogP contribution in [0.25, 0.3) is 0 Å². The molecule has 3 fully saturated rings. The molecule has 6 nitrogen and oxygen atoms in total. The van der Waals surface area contributed by atoms with Gasteiger partial charge in [-0.3, -0.25) is 9.69 Å². The minimum Gasteiger partial charge on any atom is -0.475 e. The molecular weight excluding hydrogens is 411 g/mol. The Labute approximate surface area is 180 Å². The quantitative estimate of drug-likeness (QED) is 0.738. The lowest BCUT2D eigenvalue weighted by Crippen LogP contribution is -2.39. The number of rotatable bonds is 4. The van der Waals surface area contributed by atoms with E-state index in [0.29, 0.717) is 6.04 Å². The number of likely N-dealkylation sites (tertiary alicyclic amines) is 1. The molecule has 2 saturated heterocycles. The number of nitrogens with zero attached hydrogens (tertiary/aromatic N) is 2. The van der Waals surface area contributed by atoms with Gasteiger partial charge in [0.25, 0.3) is 0 Å². The van der Waals surface area contributed by atoms with Crippen molar-refractivity contribution in [3.05, 3.63) is 23.8 Å². The molecule has 1 saturated carbocycles. The normalized spacial score (nSPS) is 24.0. The van der Waals surface area contributed by atoms with Crippen LogP contribution in [-0.2, 0) is 9.59 Å². The average Bonchev–Trinajstić information content (AvgIpc) is 3.29. The molecule has 0 spiro atoms. The van der Waals surface area contributed by atoms with Crippen LogP contribution in [0.1, 0.15) is 44.6 Å². The van der Waals surface area contributed by atoms with Crippen molar-refractivity contribution in [2.24, 2.45) is 5.92 Å². The highest BCUT2D eigenvalue weighted by molar-refractivity contribution is 5.94. The molecule has 2 aliphatic heterocycles. The van der Waals surface area contributed by atoms with Gasteiger partial charge in [0.2, 0.25) is 5.91 Å². The van der Waals surface area contributed by atoms with Crippen LogP contribution in [0.5, 0.6) is 0 Å². The summed E-state index contributed by atoms with van der Waals surface area (Å²) in [5, 5.41) is 10.2. The van der Waals surface area contributed by atoms with Gasteiger partial charge in [-0.05, 0) is 76.3 Å². The summed E-state index contributed by atoms with van der Waals surface area (Å²) >= 11 is 0. The molecule has 0 radical (unpaired) electrons. The minimum atomic E-state index is -5.08. The van der Waals surface area contributed by atoms with E-state index < -0.39 is 12.1 Å². The number of amides is 1. The lowest BCUT2D eigenvalue weighted by atomic mass is 10.1. The van der Waals surface area contributed by atoms with Crippen LogP contribution in [0.4, 0.5) is 24.5 Å². The number of carboxylic acids is 1. The molecule has 2 N–H and O–H groups in total. The van der Waals surface area contributed by atoms with Gasteiger partial charge in [0.1, 0.15) is 0 Å². The smallest absolute Gasteiger partial charge is 0.475 e. The third-order valence-electron chi connectivity index (χ3n) is 6.23. The second-order valence-electron chi connectivity index (χ2n) is 8.69. The summed E-state index contributed by atoms with van der Waals surface area (Å²) in [5.74, 6) is -2.31. The number of benzene rings is 1. The zero-order chi connectivity index (χ0) is 22.8. The van der Waals surface area contributed by atoms with Gasteiger partial charge < -0.3 is 15.3 Å². The zero-order valence-corrected chi connectivity index (χ0v) is 17.9. The maximum atomic E-state index is 11.9. The van der Waals surface area contributed by atoms with E-state index in [0.717, 1.165) is 37.7 Å². The van der Waals surface area contributed by atoms with Crippen molar-refractivity contribution in [3.8, 4) is 0 Å². The Morgan fingerprint density at radius 2 is 1.81 bits per heavy atom. The first-order chi connectivity index (χ1) is 14.6. The van der Waals surface area contributed by atoms with Gasteiger partial charge in [-0.1, -0.05) is 0 Å². The fourth-order valence-electron chi connectivity index (χ4n) is 4.41. The number of carboxylic acid groups (broad SMARTS) is 1. The van der Waals surface area contributed by atoms with Crippen molar-refractivity contribution in [1.82, 2.24) is 4.90 Å². The zero-order valence-electron chi connectivity index (χ0n) is 17.9. The van der Waals surface area contributed by atoms with Crippen LogP contribution < -0.4 is 10.2 Å². The summed E-state index contributed by atoms with van der Waals surface area (Å²) in [6.45, 7) is 8.08. The first-order valence-electron chi connectivity index (χ1n) is 10.8. The molecule has 4 rings (SSSR count). The number of nitrogens with one attached hydrogen (secondary N) is 1. The van der Waals surface area contributed by atoms with Crippen LogP contribution in [-0.4, -0.2) is 59.8 Å². The van der Waals surface area contributed by atoms with Gasteiger partial charge in [0.05, 0.1) is 0 Å². The Kier molecular flexibility index (Phi) is 7.13. The fourth-order valence-corrected chi connectivity index (χ4v) is 4.41. The van der Waals surface area contributed by atoms with E-state index >= 15 is 0 Å². The number of aryl methyl sites for hydroxylation is 1. The number of hydrogen-bond acceptors (Lipinski definition) is 4. The highest BCUT2D eigenvalue weighted by atomic mass is 19.4. The predicted molar refractivity (Wildman–Crippen MR) is 112 cm³/mol. The molecule has 2 atom stereocenters. The van der Waals surface area contributed by atoms with Crippen LogP contribution in [0, 0.1) is 12.8 Å². The van der Waals surface area contributed by atoms with E-state index in [-0.39, 0.29) is 11.8 Å². The molecule has 2 unspecified atom stereocenters. The van der Waals surface area contributed by atoms with Gasteiger partial charge in [0.15, 0.2) is 0 Å². The number of aliphatic carboxylic acids is 1. The first-order valence-corrected chi connectivity index (χ1v) is 10.8. The van der Waals surface area contributed by atoms with E-state index in [1.807, 2.05) is 0 Å². The van der Waals surface area contributed by atoms with Crippen molar-refractivity contribution in [2.75, 3.05) is 29.9 Å². The van der Waals surface area contributed by atoms with Crippen LogP contribution in [0.3, 0.4) is 0 Å². The summed E-state index contributed by atoms with van der Waals surface area (Å²) in [6, 6.07) is 7.83. The molecular formula is C22H30F3N3O3. The van der Waals surface area contributed by atoms with E-state index in [2.05, 4.69) is 47.2 Å². The van der Waals surface area contributed by atoms with Crippen LogP contribution in [0.2, 0.25) is 0 Å². The highest BCUT2D eigenvalue weighted by Crippen LogP contribution is 2.33. The Hall–Kier alpha value is -2.29. The Bertz CT molecular complexity index is 811. The first kappa shape index (κ1) is 23.4. The third kappa shape index (κ3) is 6.12. The van der Waals surface area contributed by atoms with Crippen molar-refractivity contribution in [3.63, 3.8) is 0 Å². The molecule has 1 aliphatic carbocycles. The lowest BCUT2D eigenvalue weighted by Gasteiger charge is -2.29. The van der Waals surface area contributed by atoms with E-state index in [1.54, 1.807) is 0 Å². The molecule has 31 heavy (non-hydrogen) atoms. The molecule has 0 bridgehead atoms. The molecule has 3 aliphatic rings. The molecule has 1 aromatic rings. The molecule has 1 aromatic carbocycles. The van der Waals surface area contributed by atoms with Gasteiger partial charge in [0, 0.05) is 42.5 Å². The molecule has 9 heteroatoms. The molecule has 1 amide bonds. The summed E-state index contributed by atoms with van der Waals surface area (Å²) < 4.78 is 31.7.